The van der Waals surface area contributed by atoms with Crippen LogP contribution in [0.5, 0.6) is 11.5 Å². The molecule has 0 radical (unpaired) electrons. The molecule has 9 heteroatoms. The molecule has 1 saturated heterocycles. The number of esters is 2. The van der Waals surface area contributed by atoms with Crippen LogP contribution in [0.2, 0.25) is 0 Å². The highest BCUT2D eigenvalue weighted by atomic mass is 16.6. The quantitative estimate of drug-likeness (QED) is 0.516. The van der Waals surface area contributed by atoms with Gasteiger partial charge in [0, 0.05) is 32.4 Å². The van der Waals surface area contributed by atoms with Crippen molar-refractivity contribution in [2.45, 2.75) is 69.6 Å². The summed E-state index contributed by atoms with van der Waals surface area (Å²) in [5.41, 5.74) is -0.457. The Kier molecular flexibility index (Phi) is 4.51. The average molecular weight is 443 g/mol. The summed E-state index contributed by atoms with van der Waals surface area (Å²) in [5, 5.41) is 0. The Balaban J connectivity index is 1.76. The number of piperidine rings is 1. The Morgan fingerprint density at radius 3 is 2.66 bits per heavy atom. The second-order valence-electron chi connectivity index (χ2n) is 8.80. The van der Waals surface area contributed by atoms with Crippen molar-refractivity contribution in [3.8, 4) is 11.5 Å². The highest BCUT2D eigenvalue weighted by molar-refractivity contribution is 5.91. The van der Waals surface area contributed by atoms with E-state index >= 15 is 0 Å². The molecular weight excluding hydrogens is 418 g/mol. The van der Waals surface area contributed by atoms with Gasteiger partial charge in [-0.2, -0.15) is 0 Å². The first-order chi connectivity index (χ1) is 15.2. The van der Waals surface area contributed by atoms with Gasteiger partial charge in [-0.15, -0.1) is 0 Å². The first-order valence-electron chi connectivity index (χ1n) is 10.9. The minimum absolute atomic E-state index is 0.0889. The first-order valence-corrected chi connectivity index (χ1v) is 10.9. The smallest absolute Gasteiger partial charge is 0.410 e. The van der Waals surface area contributed by atoms with Gasteiger partial charge in [-0.1, -0.05) is 6.07 Å². The van der Waals surface area contributed by atoms with Gasteiger partial charge in [-0.3, -0.25) is 14.4 Å². The predicted molar refractivity (Wildman–Crippen MR) is 108 cm³/mol. The maximum Gasteiger partial charge on any atom is 0.410 e. The summed E-state index contributed by atoms with van der Waals surface area (Å²) >= 11 is 0. The number of amides is 1. The van der Waals surface area contributed by atoms with E-state index in [4.69, 9.17) is 18.9 Å². The molecule has 1 spiro atoms. The van der Waals surface area contributed by atoms with Crippen molar-refractivity contribution in [1.82, 2.24) is 4.90 Å². The zero-order chi connectivity index (χ0) is 22.8. The zero-order valence-electron chi connectivity index (χ0n) is 18.3. The lowest BCUT2D eigenvalue weighted by atomic mass is 9.49. The third kappa shape index (κ3) is 2.50. The number of hydrogen-bond donors (Lipinski definition) is 0. The highest BCUT2D eigenvalue weighted by Gasteiger charge is 2.76. The second kappa shape index (κ2) is 6.95. The van der Waals surface area contributed by atoms with E-state index < -0.39 is 41.2 Å². The number of benzene rings is 1. The fraction of sp³-hybridized carbons (Fsp3) is 0.565. The van der Waals surface area contributed by atoms with E-state index in [-0.39, 0.29) is 31.0 Å². The third-order valence-electron chi connectivity index (χ3n) is 7.28. The lowest BCUT2D eigenvalue weighted by Crippen LogP contribution is -2.78. The molecular formula is C23H25NO8. The molecule has 32 heavy (non-hydrogen) atoms. The lowest BCUT2D eigenvalue weighted by Gasteiger charge is -2.63. The highest BCUT2D eigenvalue weighted by Crippen LogP contribution is 2.66. The zero-order valence-corrected chi connectivity index (χ0v) is 18.3. The number of ether oxygens (including phenoxy) is 4. The van der Waals surface area contributed by atoms with Gasteiger partial charge in [0.1, 0.15) is 5.60 Å². The van der Waals surface area contributed by atoms with Crippen LogP contribution < -0.4 is 9.47 Å². The summed E-state index contributed by atoms with van der Waals surface area (Å²) in [4.78, 5) is 51.7. The lowest BCUT2D eigenvalue weighted by molar-refractivity contribution is -0.210. The van der Waals surface area contributed by atoms with Gasteiger partial charge in [0.25, 0.3) is 0 Å². The van der Waals surface area contributed by atoms with E-state index in [0.29, 0.717) is 25.1 Å². The Morgan fingerprint density at radius 2 is 1.97 bits per heavy atom. The molecule has 170 valence electrons. The summed E-state index contributed by atoms with van der Waals surface area (Å²) in [6.07, 6.45) is -0.155. The normalized spacial score (nSPS) is 31.3. The molecule has 0 aromatic heterocycles. The van der Waals surface area contributed by atoms with E-state index in [1.165, 1.54) is 13.8 Å². The summed E-state index contributed by atoms with van der Waals surface area (Å²) in [6, 6.07) is 2.98. The fourth-order valence-corrected chi connectivity index (χ4v) is 6.41. The minimum Gasteiger partial charge on any atom is -0.477 e. The van der Waals surface area contributed by atoms with Crippen LogP contribution in [0.25, 0.3) is 0 Å². The van der Waals surface area contributed by atoms with Crippen LogP contribution in [-0.2, 0) is 35.7 Å². The first kappa shape index (κ1) is 20.8. The van der Waals surface area contributed by atoms with Crippen molar-refractivity contribution in [3.05, 3.63) is 23.3 Å². The molecule has 4 aliphatic rings. The van der Waals surface area contributed by atoms with Crippen LogP contribution in [0.3, 0.4) is 0 Å². The van der Waals surface area contributed by atoms with E-state index in [9.17, 15) is 19.2 Å². The summed E-state index contributed by atoms with van der Waals surface area (Å²) < 4.78 is 23.0. The molecule has 2 aliphatic carbocycles. The van der Waals surface area contributed by atoms with Crippen molar-refractivity contribution >= 4 is 23.8 Å². The maximum atomic E-state index is 13.1. The van der Waals surface area contributed by atoms with E-state index in [2.05, 4.69) is 0 Å². The molecule has 1 aromatic rings. The topological polar surface area (TPSA) is 108 Å². The van der Waals surface area contributed by atoms with E-state index in [0.717, 1.165) is 11.1 Å². The van der Waals surface area contributed by atoms with Crippen molar-refractivity contribution in [1.29, 1.82) is 0 Å². The van der Waals surface area contributed by atoms with Gasteiger partial charge < -0.3 is 23.8 Å². The number of ketones is 1. The van der Waals surface area contributed by atoms with Crippen molar-refractivity contribution < 1.29 is 38.1 Å². The van der Waals surface area contributed by atoms with Crippen molar-refractivity contribution in [2.75, 3.05) is 13.2 Å². The van der Waals surface area contributed by atoms with Crippen molar-refractivity contribution in [3.63, 3.8) is 0 Å². The molecule has 1 aromatic carbocycles. The molecule has 2 aliphatic heterocycles. The summed E-state index contributed by atoms with van der Waals surface area (Å²) in [5.74, 6) is -0.468. The van der Waals surface area contributed by atoms with Gasteiger partial charge in [-0.25, -0.2) is 4.79 Å². The monoisotopic (exact) mass is 443 g/mol. The van der Waals surface area contributed by atoms with E-state index in [1.54, 1.807) is 17.9 Å². The molecule has 2 bridgehead atoms. The largest absolute Gasteiger partial charge is 0.477 e. The minimum atomic E-state index is -1.14. The Morgan fingerprint density at radius 1 is 1.19 bits per heavy atom. The number of carbonyl (C=O) groups excluding carboxylic acids is 4. The van der Waals surface area contributed by atoms with Gasteiger partial charge in [0.2, 0.25) is 0 Å². The molecule has 2 unspecified atom stereocenters. The molecule has 1 saturated carbocycles. The van der Waals surface area contributed by atoms with E-state index in [1.807, 2.05) is 6.07 Å². The number of likely N-dealkylation sites (tertiary alicyclic amines) is 1. The fourth-order valence-electron chi connectivity index (χ4n) is 6.41. The molecule has 4 atom stereocenters. The summed E-state index contributed by atoms with van der Waals surface area (Å²) in [6.45, 7) is 4.93. The number of Topliss-reactive ketones (excluding diaryl/α,β-unsaturated/α-hetero) is 1. The average Bonchev–Trinajstić information content (AvgIpc) is 3.07. The molecule has 5 rings (SSSR count). The Hall–Kier alpha value is -3.10. The number of carbonyl (C=O) groups is 4. The van der Waals surface area contributed by atoms with Crippen LogP contribution in [0, 0.1) is 0 Å². The number of hydrogen-bond acceptors (Lipinski definition) is 8. The van der Waals surface area contributed by atoms with Crippen LogP contribution in [0.1, 0.15) is 51.2 Å². The Bertz CT molecular complexity index is 1050. The van der Waals surface area contributed by atoms with Gasteiger partial charge in [-0.05, 0) is 37.8 Å². The number of rotatable bonds is 3. The molecule has 2 heterocycles. The van der Waals surface area contributed by atoms with Crippen LogP contribution in [-0.4, -0.2) is 59.6 Å². The molecule has 1 amide bonds. The van der Waals surface area contributed by atoms with Gasteiger partial charge >= 0.3 is 18.0 Å². The molecule has 9 nitrogen and oxygen atoms in total. The van der Waals surface area contributed by atoms with Crippen LogP contribution in [0.15, 0.2) is 12.1 Å². The van der Waals surface area contributed by atoms with Crippen LogP contribution in [0.4, 0.5) is 4.79 Å². The SMILES string of the molecule is CCOC(=O)N1CC[C@]23c4c5ccc(OC(C)=O)c4OC2C(=O)CC[C@@]3(OC(C)=O)C1C5. The predicted octanol–water partition coefficient (Wildman–Crippen LogP) is 2.06. The third-order valence-corrected chi connectivity index (χ3v) is 7.28. The number of nitrogens with zero attached hydrogens (tertiary/aromatic N) is 1. The Labute approximate surface area is 184 Å². The standard InChI is InChI=1S/C23H25NO8/c1-4-29-21(28)24-10-9-22-18-14-5-6-16(30-12(2)25)19(18)31-20(22)15(27)7-8-23(22,17(24)11-14)32-13(3)26/h5-6,17,20H,4,7-11H2,1-3H3/t17?,20?,22-,23+/m0/s1. The van der Waals surface area contributed by atoms with Gasteiger partial charge in [0.15, 0.2) is 23.4 Å². The van der Waals surface area contributed by atoms with Crippen LogP contribution >= 0.6 is 0 Å². The summed E-state index contributed by atoms with van der Waals surface area (Å²) in [7, 11) is 0. The maximum absolute atomic E-state index is 13.1. The molecule has 0 N–H and O–H groups in total. The second-order valence-corrected chi connectivity index (χ2v) is 8.80. The van der Waals surface area contributed by atoms with Crippen molar-refractivity contribution in [2.24, 2.45) is 0 Å². The molecule has 2 fully saturated rings. The van der Waals surface area contributed by atoms with Gasteiger partial charge in [0.05, 0.1) is 18.1 Å².